The molecule has 0 spiro atoms. The second-order valence-electron chi connectivity index (χ2n) is 6.58. The zero-order valence-electron chi connectivity index (χ0n) is 15.9. The van der Waals surface area contributed by atoms with Gasteiger partial charge in [-0.1, -0.05) is 59.8 Å². The van der Waals surface area contributed by atoms with Gasteiger partial charge in [0, 0.05) is 10.5 Å². The number of unbranched alkanes of at least 4 members (excludes halogenated alkanes) is 4. The van der Waals surface area contributed by atoms with Crippen molar-refractivity contribution in [3.8, 4) is 0 Å². The predicted octanol–water partition coefficient (Wildman–Crippen LogP) is 5.65. The molecule has 22 heavy (non-hydrogen) atoms. The van der Waals surface area contributed by atoms with Crippen LogP contribution in [0.5, 0.6) is 0 Å². The Balaban J connectivity index is 4.05. The van der Waals surface area contributed by atoms with Gasteiger partial charge in [0.2, 0.25) is 0 Å². The Morgan fingerprint density at radius 1 is 0.955 bits per heavy atom. The molecule has 0 fully saturated rings. The van der Waals surface area contributed by atoms with E-state index in [-0.39, 0.29) is 0 Å². The van der Waals surface area contributed by atoms with Crippen molar-refractivity contribution in [2.45, 2.75) is 102 Å². The van der Waals surface area contributed by atoms with Gasteiger partial charge >= 0.3 is 0 Å². The SMILES string of the molecule is CCCCCCCSC(C)CC(SC(C)O[SiH3])C(C)CCC. The van der Waals surface area contributed by atoms with Crippen molar-refractivity contribution in [1.29, 1.82) is 0 Å². The lowest BCUT2D eigenvalue weighted by molar-refractivity contribution is 0.335. The van der Waals surface area contributed by atoms with Gasteiger partial charge in [0.1, 0.15) is 10.5 Å². The molecule has 0 aliphatic rings. The van der Waals surface area contributed by atoms with Crippen LogP contribution in [-0.2, 0) is 4.43 Å². The summed E-state index contributed by atoms with van der Waals surface area (Å²) < 4.78 is 5.62. The van der Waals surface area contributed by atoms with E-state index in [1.54, 1.807) is 0 Å². The summed E-state index contributed by atoms with van der Waals surface area (Å²) in [6.07, 6.45) is 11.0. The third-order valence-electron chi connectivity index (χ3n) is 4.29. The van der Waals surface area contributed by atoms with E-state index < -0.39 is 0 Å². The summed E-state index contributed by atoms with van der Waals surface area (Å²) in [6.45, 7) is 11.7. The lowest BCUT2D eigenvalue weighted by Crippen LogP contribution is -2.22. The van der Waals surface area contributed by atoms with Gasteiger partial charge in [-0.3, -0.25) is 0 Å². The topological polar surface area (TPSA) is 9.23 Å². The van der Waals surface area contributed by atoms with Crippen molar-refractivity contribution < 1.29 is 4.43 Å². The zero-order valence-corrected chi connectivity index (χ0v) is 19.5. The minimum atomic E-state index is 0.377. The van der Waals surface area contributed by atoms with Gasteiger partial charge in [0.25, 0.3) is 0 Å². The third-order valence-corrected chi connectivity index (χ3v) is 8.21. The van der Waals surface area contributed by atoms with E-state index in [2.05, 4.69) is 58.1 Å². The quantitative estimate of drug-likeness (QED) is 0.211. The van der Waals surface area contributed by atoms with E-state index in [4.69, 9.17) is 4.43 Å². The minimum Gasteiger partial charge on any atom is -0.417 e. The highest BCUT2D eigenvalue weighted by Crippen LogP contribution is 2.33. The maximum atomic E-state index is 5.62. The molecule has 0 saturated carbocycles. The van der Waals surface area contributed by atoms with E-state index in [1.807, 2.05) is 0 Å². The fourth-order valence-corrected chi connectivity index (χ4v) is 5.73. The van der Waals surface area contributed by atoms with Crippen LogP contribution in [0.3, 0.4) is 0 Å². The molecule has 0 heterocycles. The second kappa shape index (κ2) is 15.4. The Hall–Kier alpha value is 0.877. The minimum absolute atomic E-state index is 0.377. The molecular formula is C18H40OS2Si. The van der Waals surface area contributed by atoms with Crippen molar-refractivity contribution in [3.05, 3.63) is 0 Å². The van der Waals surface area contributed by atoms with Crippen molar-refractivity contribution in [2.75, 3.05) is 5.75 Å². The van der Waals surface area contributed by atoms with E-state index >= 15 is 0 Å². The molecule has 0 aliphatic carbocycles. The molecule has 0 aromatic carbocycles. The molecule has 0 N–H and O–H groups in total. The van der Waals surface area contributed by atoms with Crippen LogP contribution in [-0.4, -0.2) is 32.2 Å². The third kappa shape index (κ3) is 12.3. The van der Waals surface area contributed by atoms with Gasteiger partial charge in [0.05, 0.1) is 5.44 Å². The Bertz CT molecular complexity index is 241. The standard InChI is InChI=1S/C18H40OS2Si/c1-6-8-9-10-11-13-20-16(4)14-18(15(3)12-7-2)21-17(5)19-22/h15-18H,6-14H2,1-5,22H3. The summed E-state index contributed by atoms with van der Waals surface area (Å²) in [4.78, 5) is 0. The lowest BCUT2D eigenvalue weighted by atomic mass is 9.99. The van der Waals surface area contributed by atoms with Crippen LogP contribution in [0.1, 0.15) is 86.0 Å². The van der Waals surface area contributed by atoms with Gasteiger partial charge in [-0.25, -0.2) is 0 Å². The highest BCUT2D eigenvalue weighted by Gasteiger charge is 2.22. The summed E-state index contributed by atoms with van der Waals surface area (Å²) in [6, 6.07) is 0. The predicted molar refractivity (Wildman–Crippen MR) is 111 cm³/mol. The van der Waals surface area contributed by atoms with Gasteiger partial charge in [0.15, 0.2) is 0 Å². The van der Waals surface area contributed by atoms with Crippen LogP contribution in [0, 0.1) is 5.92 Å². The molecule has 0 amide bonds. The van der Waals surface area contributed by atoms with E-state index in [0.717, 1.165) is 26.9 Å². The second-order valence-corrected chi connectivity index (χ2v) is 10.1. The number of hydrogen-bond donors (Lipinski definition) is 0. The number of hydrogen-bond acceptors (Lipinski definition) is 3. The van der Waals surface area contributed by atoms with Crippen LogP contribution in [0.4, 0.5) is 0 Å². The Kier molecular flexibility index (Phi) is 16.0. The van der Waals surface area contributed by atoms with Crippen molar-refractivity contribution in [1.82, 2.24) is 0 Å². The molecule has 0 radical (unpaired) electrons. The first kappa shape index (κ1) is 22.9. The molecule has 134 valence electrons. The van der Waals surface area contributed by atoms with Crippen LogP contribution < -0.4 is 0 Å². The van der Waals surface area contributed by atoms with E-state index in [9.17, 15) is 0 Å². The fraction of sp³-hybridized carbons (Fsp3) is 1.00. The van der Waals surface area contributed by atoms with Crippen molar-refractivity contribution >= 4 is 34.0 Å². The summed E-state index contributed by atoms with van der Waals surface area (Å²) in [5, 5.41) is 1.54. The molecule has 0 aliphatic heterocycles. The Morgan fingerprint density at radius 2 is 1.64 bits per heavy atom. The molecule has 0 aromatic rings. The highest BCUT2D eigenvalue weighted by molar-refractivity contribution is 8.01. The molecule has 0 bridgehead atoms. The van der Waals surface area contributed by atoms with Crippen LogP contribution >= 0.6 is 23.5 Å². The highest BCUT2D eigenvalue weighted by atomic mass is 32.2. The van der Waals surface area contributed by atoms with Gasteiger partial charge in [-0.05, 0) is 37.9 Å². The average Bonchev–Trinajstić information content (AvgIpc) is 2.50. The molecule has 4 unspecified atom stereocenters. The molecule has 4 heteroatoms. The molecule has 1 nitrogen and oxygen atoms in total. The zero-order chi connectivity index (χ0) is 16.8. The van der Waals surface area contributed by atoms with Crippen LogP contribution in [0.15, 0.2) is 0 Å². The molecule has 0 rings (SSSR count). The fourth-order valence-electron chi connectivity index (χ4n) is 2.75. The van der Waals surface area contributed by atoms with Gasteiger partial charge in [-0.2, -0.15) is 11.8 Å². The monoisotopic (exact) mass is 364 g/mol. The van der Waals surface area contributed by atoms with Crippen molar-refractivity contribution in [3.63, 3.8) is 0 Å². The first-order valence-corrected chi connectivity index (χ1v) is 12.2. The van der Waals surface area contributed by atoms with E-state index in [1.165, 1.54) is 57.1 Å². The van der Waals surface area contributed by atoms with Gasteiger partial charge < -0.3 is 4.43 Å². The maximum absolute atomic E-state index is 5.62. The smallest absolute Gasteiger partial charge is 0.147 e. The summed E-state index contributed by atoms with van der Waals surface area (Å²) in [5.41, 5.74) is 0.377. The molecule has 0 saturated heterocycles. The average molecular weight is 365 g/mol. The van der Waals surface area contributed by atoms with Crippen LogP contribution in [0.25, 0.3) is 0 Å². The van der Waals surface area contributed by atoms with Gasteiger partial charge in [-0.15, -0.1) is 11.8 Å². The number of rotatable bonds is 15. The normalized spacial score (nSPS) is 17.3. The molecule has 0 aromatic heterocycles. The largest absolute Gasteiger partial charge is 0.417 e. The maximum Gasteiger partial charge on any atom is 0.147 e. The molecular weight excluding hydrogens is 324 g/mol. The molecule has 4 atom stereocenters. The summed E-state index contributed by atoms with van der Waals surface area (Å²) >= 11 is 4.26. The first-order chi connectivity index (χ1) is 10.5. The summed E-state index contributed by atoms with van der Waals surface area (Å²) in [5.74, 6) is 2.15. The lowest BCUT2D eigenvalue weighted by Gasteiger charge is -2.28. The Labute approximate surface area is 152 Å². The van der Waals surface area contributed by atoms with Crippen LogP contribution in [0.2, 0.25) is 0 Å². The van der Waals surface area contributed by atoms with Crippen molar-refractivity contribution in [2.24, 2.45) is 5.92 Å². The van der Waals surface area contributed by atoms with E-state index in [0.29, 0.717) is 5.44 Å². The Morgan fingerprint density at radius 3 is 2.23 bits per heavy atom. The summed E-state index contributed by atoms with van der Waals surface area (Å²) in [7, 11) is 0.852. The number of thioether (sulfide) groups is 2. The first-order valence-electron chi connectivity index (χ1n) is 9.34.